The molecule has 0 spiro atoms. The van der Waals surface area contributed by atoms with Gasteiger partial charge in [-0.1, -0.05) is 19.1 Å². The minimum absolute atomic E-state index is 0.0467. The Morgan fingerprint density at radius 3 is 2.62 bits per heavy atom. The highest BCUT2D eigenvalue weighted by molar-refractivity contribution is 5.29. The van der Waals surface area contributed by atoms with Crippen LogP contribution in [0.15, 0.2) is 24.3 Å². The van der Waals surface area contributed by atoms with E-state index in [9.17, 15) is 0 Å². The number of hydrogen-bond acceptors (Lipinski definition) is 4. The van der Waals surface area contributed by atoms with Crippen molar-refractivity contribution in [3.05, 3.63) is 29.8 Å². The zero-order chi connectivity index (χ0) is 15.3. The smallest absolute Gasteiger partial charge is 0.118 e. The van der Waals surface area contributed by atoms with Crippen molar-refractivity contribution in [2.24, 2.45) is 0 Å². The molecule has 4 nitrogen and oxygen atoms in total. The fraction of sp³-hybridized carbons (Fsp3) is 0.647. The van der Waals surface area contributed by atoms with Crippen molar-refractivity contribution < 1.29 is 9.47 Å². The van der Waals surface area contributed by atoms with E-state index in [0.717, 1.165) is 38.5 Å². The third kappa shape index (κ3) is 4.70. The van der Waals surface area contributed by atoms with E-state index in [4.69, 9.17) is 9.47 Å². The second-order valence-electron chi connectivity index (χ2n) is 6.23. The first kappa shape index (κ1) is 16.3. The highest BCUT2D eigenvalue weighted by atomic mass is 16.5. The molecule has 1 unspecified atom stereocenters. The van der Waals surface area contributed by atoms with Crippen LogP contribution in [0.1, 0.15) is 32.4 Å². The highest BCUT2D eigenvalue weighted by Gasteiger charge is 2.28. The maximum atomic E-state index is 5.79. The molecule has 0 saturated carbocycles. The van der Waals surface area contributed by atoms with Gasteiger partial charge < -0.3 is 14.8 Å². The molecule has 4 heteroatoms. The normalized spacial score (nSPS) is 20.2. The Morgan fingerprint density at radius 2 is 2.05 bits per heavy atom. The molecular weight excluding hydrogens is 264 g/mol. The molecule has 21 heavy (non-hydrogen) atoms. The predicted octanol–water partition coefficient (Wildman–Crippen LogP) is 2.46. The molecule has 1 aromatic carbocycles. The lowest BCUT2D eigenvalue weighted by molar-refractivity contribution is -0.0876. The van der Waals surface area contributed by atoms with E-state index >= 15 is 0 Å². The van der Waals surface area contributed by atoms with E-state index in [1.54, 1.807) is 7.11 Å². The molecule has 1 saturated heterocycles. The van der Waals surface area contributed by atoms with Crippen LogP contribution in [0.3, 0.4) is 0 Å². The van der Waals surface area contributed by atoms with E-state index in [2.05, 4.69) is 43.1 Å². The Morgan fingerprint density at radius 1 is 1.33 bits per heavy atom. The Kier molecular flexibility index (Phi) is 5.62. The Labute approximate surface area is 128 Å². The molecule has 2 rings (SSSR count). The molecule has 118 valence electrons. The first-order chi connectivity index (χ1) is 10.0. The molecule has 0 radical (unpaired) electrons. The quantitative estimate of drug-likeness (QED) is 0.873. The second-order valence-corrected chi connectivity index (χ2v) is 6.23. The van der Waals surface area contributed by atoms with Gasteiger partial charge in [-0.15, -0.1) is 0 Å². The molecular formula is C17H28N2O2. The molecule has 0 aliphatic carbocycles. The van der Waals surface area contributed by atoms with Crippen molar-refractivity contribution in [2.75, 3.05) is 39.9 Å². The fourth-order valence-corrected chi connectivity index (χ4v) is 2.90. The van der Waals surface area contributed by atoms with Gasteiger partial charge in [0, 0.05) is 25.7 Å². The van der Waals surface area contributed by atoms with Gasteiger partial charge in [-0.2, -0.15) is 0 Å². The van der Waals surface area contributed by atoms with Crippen molar-refractivity contribution in [3.63, 3.8) is 0 Å². The molecule has 1 fully saturated rings. The number of nitrogens with one attached hydrogen (secondary N) is 1. The third-order valence-electron chi connectivity index (χ3n) is 3.91. The van der Waals surface area contributed by atoms with Gasteiger partial charge in [0.1, 0.15) is 5.75 Å². The molecule has 1 aliphatic heterocycles. The topological polar surface area (TPSA) is 33.7 Å². The monoisotopic (exact) mass is 292 g/mol. The largest absolute Gasteiger partial charge is 0.497 e. The number of morpholine rings is 1. The summed E-state index contributed by atoms with van der Waals surface area (Å²) in [6.07, 6.45) is 0. The number of rotatable bonds is 6. The maximum absolute atomic E-state index is 5.79. The van der Waals surface area contributed by atoms with Crippen LogP contribution in [0.4, 0.5) is 0 Å². The Bertz CT molecular complexity index is 431. The average Bonchev–Trinajstić information content (AvgIpc) is 2.46. The van der Waals surface area contributed by atoms with Crippen LogP contribution in [0.25, 0.3) is 0 Å². The van der Waals surface area contributed by atoms with Gasteiger partial charge in [-0.3, -0.25) is 4.90 Å². The fourth-order valence-electron chi connectivity index (χ4n) is 2.90. The van der Waals surface area contributed by atoms with Crippen LogP contribution in [0.5, 0.6) is 5.75 Å². The first-order valence-electron chi connectivity index (χ1n) is 7.78. The number of ether oxygens (including phenoxy) is 2. The van der Waals surface area contributed by atoms with E-state index in [1.165, 1.54) is 5.56 Å². The van der Waals surface area contributed by atoms with Crippen molar-refractivity contribution in [3.8, 4) is 5.75 Å². The van der Waals surface area contributed by atoms with Crippen LogP contribution in [-0.2, 0) is 4.74 Å². The standard InChI is InChI=1S/C17H28N2O2/c1-5-18-16(14-6-8-15(20-4)9-7-14)12-19-10-11-21-17(2,3)13-19/h6-9,16,18H,5,10-13H2,1-4H3. The van der Waals surface area contributed by atoms with Crippen LogP contribution >= 0.6 is 0 Å². The first-order valence-corrected chi connectivity index (χ1v) is 7.78. The Hall–Kier alpha value is -1.10. The number of hydrogen-bond donors (Lipinski definition) is 1. The van der Waals surface area contributed by atoms with Crippen molar-refractivity contribution in [2.45, 2.75) is 32.4 Å². The summed E-state index contributed by atoms with van der Waals surface area (Å²) in [5, 5.41) is 3.59. The summed E-state index contributed by atoms with van der Waals surface area (Å²) in [5.74, 6) is 0.904. The lowest BCUT2D eigenvalue weighted by Gasteiger charge is -2.39. The molecule has 1 aliphatic rings. The van der Waals surface area contributed by atoms with Crippen LogP contribution in [0.2, 0.25) is 0 Å². The molecule has 0 bridgehead atoms. The number of nitrogens with zero attached hydrogens (tertiary/aromatic N) is 1. The van der Waals surface area contributed by atoms with Gasteiger partial charge in [0.15, 0.2) is 0 Å². The van der Waals surface area contributed by atoms with Crippen LogP contribution < -0.4 is 10.1 Å². The van der Waals surface area contributed by atoms with Crippen molar-refractivity contribution in [1.29, 1.82) is 0 Å². The molecule has 1 atom stereocenters. The van der Waals surface area contributed by atoms with Crippen molar-refractivity contribution in [1.82, 2.24) is 10.2 Å². The summed E-state index contributed by atoms with van der Waals surface area (Å²) < 4.78 is 11.0. The SMILES string of the molecule is CCNC(CN1CCOC(C)(C)C1)c1ccc(OC)cc1. The maximum Gasteiger partial charge on any atom is 0.118 e. The summed E-state index contributed by atoms with van der Waals surface area (Å²) in [6, 6.07) is 8.70. The van der Waals surface area contributed by atoms with E-state index < -0.39 is 0 Å². The van der Waals surface area contributed by atoms with Crippen molar-refractivity contribution >= 4 is 0 Å². The minimum atomic E-state index is -0.0467. The summed E-state index contributed by atoms with van der Waals surface area (Å²) in [7, 11) is 1.70. The number of likely N-dealkylation sites (N-methyl/N-ethyl adjacent to an activating group) is 1. The summed E-state index contributed by atoms with van der Waals surface area (Å²) in [6.45, 7) is 11.2. The van der Waals surface area contributed by atoms with Gasteiger partial charge in [0.2, 0.25) is 0 Å². The highest BCUT2D eigenvalue weighted by Crippen LogP contribution is 2.22. The lowest BCUT2D eigenvalue weighted by Crippen LogP contribution is -2.50. The molecule has 1 heterocycles. The summed E-state index contributed by atoms with van der Waals surface area (Å²) in [5.41, 5.74) is 1.26. The number of benzene rings is 1. The van der Waals surface area contributed by atoms with Gasteiger partial charge in [0.05, 0.1) is 19.3 Å². The summed E-state index contributed by atoms with van der Waals surface area (Å²) >= 11 is 0. The molecule has 0 aromatic heterocycles. The van der Waals surface area contributed by atoms with E-state index in [-0.39, 0.29) is 5.60 Å². The molecule has 0 amide bonds. The van der Waals surface area contributed by atoms with Gasteiger partial charge >= 0.3 is 0 Å². The average molecular weight is 292 g/mol. The Balaban J connectivity index is 2.04. The zero-order valence-corrected chi connectivity index (χ0v) is 13.7. The van der Waals surface area contributed by atoms with E-state index in [1.807, 2.05) is 12.1 Å². The van der Waals surface area contributed by atoms with Crippen LogP contribution in [-0.4, -0.2) is 50.4 Å². The predicted molar refractivity (Wildman–Crippen MR) is 85.9 cm³/mol. The second kappa shape index (κ2) is 7.25. The van der Waals surface area contributed by atoms with E-state index in [0.29, 0.717) is 6.04 Å². The van der Waals surface area contributed by atoms with Crippen LogP contribution in [0, 0.1) is 0 Å². The number of methoxy groups -OCH3 is 1. The van der Waals surface area contributed by atoms with Gasteiger partial charge in [-0.25, -0.2) is 0 Å². The molecule has 1 N–H and O–H groups in total. The minimum Gasteiger partial charge on any atom is -0.497 e. The third-order valence-corrected chi connectivity index (χ3v) is 3.91. The summed E-state index contributed by atoms with van der Waals surface area (Å²) in [4.78, 5) is 2.49. The zero-order valence-electron chi connectivity index (χ0n) is 13.7. The van der Waals surface area contributed by atoms with Gasteiger partial charge in [-0.05, 0) is 38.1 Å². The lowest BCUT2D eigenvalue weighted by atomic mass is 10.0. The van der Waals surface area contributed by atoms with Gasteiger partial charge in [0.25, 0.3) is 0 Å². The molecule has 1 aromatic rings.